The first-order valence-electron chi connectivity index (χ1n) is 6.25. The van der Waals surface area contributed by atoms with Gasteiger partial charge in [-0.1, -0.05) is 19.1 Å². The lowest BCUT2D eigenvalue weighted by Crippen LogP contribution is -2.55. The van der Waals surface area contributed by atoms with Gasteiger partial charge in [-0.3, -0.25) is 0 Å². The summed E-state index contributed by atoms with van der Waals surface area (Å²) in [5.74, 6) is 0. The molecular formula is C13H19NO3S. The molecule has 0 atom stereocenters. The number of benzene rings is 1. The van der Waals surface area contributed by atoms with E-state index >= 15 is 0 Å². The number of hydrogen-bond acceptors (Lipinski definition) is 3. The van der Waals surface area contributed by atoms with E-state index in [0.29, 0.717) is 12.8 Å². The van der Waals surface area contributed by atoms with E-state index in [1.807, 2.05) is 19.1 Å². The van der Waals surface area contributed by atoms with Gasteiger partial charge < -0.3 is 5.11 Å². The summed E-state index contributed by atoms with van der Waals surface area (Å²) in [6.07, 6.45) is 3.25. The fraction of sp³-hybridized carbons (Fsp3) is 0.538. The van der Waals surface area contributed by atoms with Gasteiger partial charge >= 0.3 is 0 Å². The fourth-order valence-electron chi connectivity index (χ4n) is 2.14. The Bertz CT molecular complexity index is 498. The van der Waals surface area contributed by atoms with E-state index in [-0.39, 0.29) is 11.5 Å². The zero-order valence-corrected chi connectivity index (χ0v) is 11.3. The van der Waals surface area contributed by atoms with Crippen LogP contribution in [0.1, 0.15) is 31.7 Å². The lowest BCUT2D eigenvalue weighted by molar-refractivity contribution is 0.110. The van der Waals surface area contributed by atoms with Crippen LogP contribution >= 0.6 is 0 Å². The van der Waals surface area contributed by atoms with E-state index in [4.69, 9.17) is 0 Å². The van der Waals surface area contributed by atoms with Crippen molar-refractivity contribution in [2.75, 3.05) is 6.61 Å². The molecule has 0 radical (unpaired) electrons. The second kappa shape index (κ2) is 4.99. The van der Waals surface area contributed by atoms with Gasteiger partial charge in [-0.25, -0.2) is 13.1 Å². The molecule has 1 aromatic rings. The molecule has 1 aliphatic rings. The number of aryl methyl sites for hydroxylation is 1. The zero-order chi connectivity index (χ0) is 13.2. The van der Waals surface area contributed by atoms with Gasteiger partial charge in [0.05, 0.1) is 17.0 Å². The van der Waals surface area contributed by atoms with Gasteiger partial charge in [0.25, 0.3) is 0 Å². The lowest BCUT2D eigenvalue weighted by Gasteiger charge is -2.40. The molecule has 18 heavy (non-hydrogen) atoms. The molecule has 2 N–H and O–H groups in total. The van der Waals surface area contributed by atoms with Crippen LogP contribution in [0.15, 0.2) is 29.2 Å². The molecule has 0 amide bonds. The molecule has 1 aliphatic carbocycles. The van der Waals surface area contributed by atoms with Gasteiger partial charge in [0, 0.05) is 0 Å². The molecule has 100 valence electrons. The molecule has 0 aromatic heterocycles. The molecule has 0 aliphatic heterocycles. The van der Waals surface area contributed by atoms with E-state index in [2.05, 4.69) is 4.72 Å². The van der Waals surface area contributed by atoms with Crippen molar-refractivity contribution >= 4 is 10.0 Å². The summed E-state index contributed by atoms with van der Waals surface area (Å²) in [6.45, 7) is 1.89. The van der Waals surface area contributed by atoms with Crippen LogP contribution in [0, 0.1) is 0 Å². The third kappa shape index (κ3) is 2.58. The van der Waals surface area contributed by atoms with Crippen LogP contribution in [-0.2, 0) is 16.4 Å². The van der Waals surface area contributed by atoms with Gasteiger partial charge in [-0.05, 0) is 43.4 Å². The fourth-order valence-corrected chi connectivity index (χ4v) is 3.60. The highest BCUT2D eigenvalue weighted by Gasteiger charge is 2.40. The maximum absolute atomic E-state index is 12.2. The van der Waals surface area contributed by atoms with Crippen molar-refractivity contribution in [2.24, 2.45) is 0 Å². The molecule has 0 unspecified atom stereocenters. The Kier molecular flexibility index (Phi) is 3.75. The Morgan fingerprint density at radius 1 is 1.28 bits per heavy atom. The Hall–Kier alpha value is -0.910. The monoisotopic (exact) mass is 269 g/mol. The quantitative estimate of drug-likeness (QED) is 0.850. The lowest BCUT2D eigenvalue weighted by atomic mass is 9.78. The minimum absolute atomic E-state index is 0.140. The highest BCUT2D eigenvalue weighted by Crippen LogP contribution is 2.32. The van der Waals surface area contributed by atoms with Crippen LogP contribution in [0.5, 0.6) is 0 Å². The summed E-state index contributed by atoms with van der Waals surface area (Å²) in [5, 5.41) is 9.30. The third-order valence-electron chi connectivity index (χ3n) is 3.61. The van der Waals surface area contributed by atoms with Crippen molar-refractivity contribution in [1.82, 2.24) is 4.72 Å². The zero-order valence-electron chi connectivity index (χ0n) is 10.5. The first-order chi connectivity index (χ1) is 8.51. The van der Waals surface area contributed by atoms with E-state index in [0.717, 1.165) is 18.4 Å². The van der Waals surface area contributed by atoms with Crippen LogP contribution in [0.4, 0.5) is 0 Å². The molecular weight excluding hydrogens is 250 g/mol. The predicted molar refractivity (Wildman–Crippen MR) is 69.8 cm³/mol. The van der Waals surface area contributed by atoms with Crippen LogP contribution in [0.25, 0.3) is 0 Å². The number of nitrogens with one attached hydrogen (secondary N) is 1. The van der Waals surface area contributed by atoms with Crippen molar-refractivity contribution in [3.8, 4) is 0 Å². The van der Waals surface area contributed by atoms with E-state index in [1.165, 1.54) is 0 Å². The average molecular weight is 269 g/mol. The average Bonchev–Trinajstić information content (AvgIpc) is 2.34. The summed E-state index contributed by atoms with van der Waals surface area (Å²) in [6, 6.07) is 6.87. The van der Waals surface area contributed by atoms with Crippen molar-refractivity contribution in [1.29, 1.82) is 0 Å². The second-order valence-corrected chi connectivity index (χ2v) is 6.58. The Morgan fingerprint density at radius 2 is 1.89 bits per heavy atom. The first-order valence-corrected chi connectivity index (χ1v) is 7.73. The molecule has 0 heterocycles. The van der Waals surface area contributed by atoms with E-state index in [1.54, 1.807) is 12.1 Å². The summed E-state index contributed by atoms with van der Waals surface area (Å²) >= 11 is 0. The smallest absolute Gasteiger partial charge is 0.241 e. The molecule has 2 rings (SSSR count). The second-order valence-electron chi connectivity index (χ2n) is 4.90. The molecule has 1 aromatic carbocycles. The summed E-state index contributed by atoms with van der Waals surface area (Å²) in [4.78, 5) is 0.263. The largest absolute Gasteiger partial charge is 0.394 e. The minimum atomic E-state index is -3.53. The van der Waals surface area contributed by atoms with Gasteiger partial charge in [0.15, 0.2) is 0 Å². The molecule has 1 fully saturated rings. The molecule has 4 nitrogen and oxygen atoms in total. The van der Waals surface area contributed by atoms with Gasteiger partial charge in [-0.15, -0.1) is 0 Å². The maximum atomic E-state index is 12.2. The molecule has 1 saturated carbocycles. The standard InChI is InChI=1S/C13H19NO3S/c1-2-11-4-6-12(7-5-11)18(16,17)14-13(10-15)8-3-9-13/h4-7,14-15H,2-3,8-10H2,1H3. The molecule has 0 saturated heterocycles. The van der Waals surface area contributed by atoms with Crippen LogP contribution in [0.2, 0.25) is 0 Å². The van der Waals surface area contributed by atoms with E-state index < -0.39 is 15.6 Å². The Morgan fingerprint density at radius 3 is 2.28 bits per heavy atom. The molecule has 0 spiro atoms. The Balaban J connectivity index is 2.19. The number of aliphatic hydroxyl groups is 1. The highest BCUT2D eigenvalue weighted by atomic mass is 32.2. The van der Waals surface area contributed by atoms with E-state index in [9.17, 15) is 13.5 Å². The summed E-state index contributed by atoms with van der Waals surface area (Å²) in [7, 11) is -3.53. The van der Waals surface area contributed by atoms with Crippen molar-refractivity contribution < 1.29 is 13.5 Å². The van der Waals surface area contributed by atoms with Crippen LogP contribution in [-0.4, -0.2) is 25.7 Å². The number of sulfonamides is 1. The first kappa shape index (κ1) is 13.5. The SMILES string of the molecule is CCc1ccc(S(=O)(=O)NC2(CO)CCC2)cc1. The number of rotatable bonds is 5. The van der Waals surface area contributed by atoms with Crippen LogP contribution in [0.3, 0.4) is 0 Å². The maximum Gasteiger partial charge on any atom is 0.241 e. The van der Waals surface area contributed by atoms with Gasteiger partial charge in [0.1, 0.15) is 0 Å². The van der Waals surface area contributed by atoms with Gasteiger partial charge in [0.2, 0.25) is 10.0 Å². The minimum Gasteiger partial charge on any atom is -0.394 e. The molecule has 0 bridgehead atoms. The van der Waals surface area contributed by atoms with Crippen molar-refractivity contribution in [2.45, 2.75) is 43.0 Å². The number of hydrogen-bond donors (Lipinski definition) is 2. The topological polar surface area (TPSA) is 66.4 Å². The summed E-state index contributed by atoms with van der Waals surface area (Å²) in [5.41, 5.74) is 0.469. The van der Waals surface area contributed by atoms with Gasteiger partial charge in [-0.2, -0.15) is 0 Å². The Labute approximate surface area is 108 Å². The normalized spacial score (nSPS) is 18.3. The van der Waals surface area contributed by atoms with Crippen LogP contribution < -0.4 is 4.72 Å². The predicted octanol–water partition coefficient (Wildman–Crippen LogP) is 1.44. The highest BCUT2D eigenvalue weighted by molar-refractivity contribution is 7.89. The summed E-state index contributed by atoms with van der Waals surface area (Å²) < 4.78 is 27.0. The van der Waals surface area contributed by atoms with Crippen molar-refractivity contribution in [3.05, 3.63) is 29.8 Å². The molecule has 5 heteroatoms. The van der Waals surface area contributed by atoms with Crippen molar-refractivity contribution in [3.63, 3.8) is 0 Å². The number of aliphatic hydroxyl groups excluding tert-OH is 1. The third-order valence-corrected chi connectivity index (χ3v) is 5.20.